The summed E-state index contributed by atoms with van der Waals surface area (Å²) in [6.07, 6.45) is 3.04. The highest BCUT2D eigenvalue weighted by molar-refractivity contribution is 5.81. The number of aromatic amines is 1. The second-order valence-electron chi connectivity index (χ2n) is 8.40. The standard InChI is InChI=1S/C25H29N3O5/c1-32-21-15-19-20(16-22(21)33-2)26-25(31)28(24(19)30)13-10-23(29)27-11-8-18(9-12-27)14-17-6-4-3-5-7-17/h3-7,15-16,18H,8-14H2,1-2H3,(H,26,31). The average molecular weight is 452 g/mol. The molecule has 0 atom stereocenters. The Bertz CT molecular complexity index is 1240. The van der Waals surface area contributed by atoms with Crippen molar-refractivity contribution in [2.45, 2.75) is 32.2 Å². The van der Waals surface area contributed by atoms with Gasteiger partial charge in [-0.15, -0.1) is 0 Å². The van der Waals surface area contributed by atoms with Crippen LogP contribution in [-0.2, 0) is 17.8 Å². The van der Waals surface area contributed by atoms with Gasteiger partial charge in [0.1, 0.15) is 0 Å². The predicted molar refractivity (Wildman–Crippen MR) is 126 cm³/mol. The number of ether oxygens (including phenoxy) is 2. The number of likely N-dealkylation sites (tertiary alicyclic amines) is 1. The van der Waals surface area contributed by atoms with Gasteiger partial charge in [-0.3, -0.25) is 14.2 Å². The van der Waals surface area contributed by atoms with Gasteiger partial charge in [0.05, 0.1) is 25.1 Å². The van der Waals surface area contributed by atoms with Crippen molar-refractivity contribution < 1.29 is 14.3 Å². The number of nitrogens with zero attached hydrogens (tertiary/aromatic N) is 2. The first-order valence-electron chi connectivity index (χ1n) is 11.2. The third kappa shape index (κ3) is 4.94. The minimum Gasteiger partial charge on any atom is -0.493 e. The van der Waals surface area contributed by atoms with Crippen LogP contribution in [0.4, 0.5) is 0 Å². The molecule has 8 nitrogen and oxygen atoms in total. The van der Waals surface area contributed by atoms with Gasteiger partial charge in [0, 0.05) is 32.1 Å². The SMILES string of the molecule is COc1cc2[nH]c(=O)n(CCC(=O)N3CCC(Cc4ccccc4)CC3)c(=O)c2cc1OC. The minimum atomic E-state index is -0.547. The summed E-state index contributed by atoms with van der Waals surface area (Å²) < 4.78 is 11.6. The summed E-state index contributed by atoms with van der Waals surface area (Å²) in [4.78, 5) is 42.8. The Balaban J connectivity index is 1.40. The lowest BCUT2D eigenvalue weighted by atomic mass is 9.90. The number of hydrogen-bond acceptors (Lipinski definition) is 5. The number of methoxy groups -OCH3 is 2. The molecule has 2 heterocycles. The zero-order valence-electron chi connectivity index (χ0n) is 19.0. The van der Waals surface area contributed by atoms with Crippen LogP contribution in [0.2, 0.25) is 0 Å². The maximum atomic E-state index is 12.9. The van der Waals surface area contributed by atoms with Crippen LogP contribution < -0.4 is 20.7 Å². The maximum absolute atomic E-state index is 12.9. The van der Waals surface area contributed by atoms with E-state index < -0.39 is 11.2 Å². The van der Waals surface area contributed by atoms with Gasteiger partial charge in [0.15, 0.2) is 11.5 Å². The fraction of sp³-hybridized carbons (Fsp3) is 0.400. The largest absolute Gasteiger partial charge is 0.493 e. The molecule has 0 radical (unpaired) electrons. The summed E-state index contributed by atoms with van der Waals surface area (Å²) in [7, 11) is 2.97. The molecule has 1 aliphatic heterocycles. The van der Waals surface area contributed by atoms with Crippen molar-refractivity contribution in [3.8, 4) is 11.5 Å². The number of piperidine rings is 1. The molecule has 1 amide bonds. The molecule has 1 fully saturated rings. The van der Waals surface area contributed by atoms with Gasteiger partial charge in [-0.05, 0) is 36.8 Å². The van der Waals surface area contributed by atoms with E-state index in [1.165, 1.54) is 19.8 Å². The topological polar surface area (TPSA) is 93.6 Å². The summed E-state index contributed by atoms with van der Waals surface area (Å²) in [5.74, 6) is 1.35. The number of rotatable bonds is 7. The lowest BCUT2D eigenvalue weighted by Crippen LogP contribution is -2.41. The predicted octanol–water partition coefficient (Wildman–Crippen LogP) is 2.58. The number of amides is 1. The monoisotopic (exact) mass is 451 g/mol. The molecule has 0 unspecified atom stereocenters. The molecule has 1 saturated heterocycles. The molecule has 8 heteroatoms. The van der Waals surface area contributed by atoms with Gasteiger partial charge in [0.2, 0.25) is 5.91 Å². The van der Waals surface area contributed by atoms with Crippen molar-refractivity contribution in [2.75, 3.05) is 27.3 Å². The van der Waals surface area contributed by atoms with Gasteiger partial charge in [-0.25, -0.2) is 4.79 Å². The zero-order valence-corrected chi connectivity index (χ0v) is 19.0. The van der Waals surface area contributed by atoms with Crippen molar-refractivity contribution in [1.29, 1.82) is 0 Å². The van der Waals surface area contributed by atoms with Gasteiger partial charge >= 0.3 is 5.69 Å². The van der Waals surface area contributed by atoms with Gasteiger partial charge in [0.25, 0.3) is 5.56 Å². The Morgan fingerprint density at radius 2 is 1.70 bits per heavy atom. The van der Waals surface area contributed by atoms with Crippen molar-refractivity contribution in [2.24, 2.45) is 5.92 Å². The second-order valence-corrected chi connectivity index (χ2v) is 8.40. The van der Waals surface area contributed by atoms with Crippen LogP contribution in [-0.4, -0.2) is 47.7 Å². The molecule has 3 aromatic rings. The van der Waals surface area contributed by atoms with E-state index in [9.17, 15) is 14.4 Å². The van der Waals surface area contributed by atoms with Crippen LogP contribution in [0.25, 0.3) is 10.9 Å². The molecule has 33 heavy (non-hydrogen) atoms. The number of aromatic nitrogens is 2. The number of carbonyl (C=O) groups excluding carboxylic acids is 1. The molecule has 1 aliphatic rings. The van der Waals surface area contributed by atoms with E-state index in [0.29, 0.717) is 41.4 Å². The number of hydrogen-bond donors (Lipinski definition) is 1. The van der Waals surface area contributed by atoms with Crippen LogP contribution in [0, 0.1) is 5.92 Å². The number of benzene rings is 2. The summed E-state index contributed by atoms with van der Waals surface area (Å²) >= 11 is 0. The van der Waals surface area contributed by atoms with E-state index in [-0.39, 0.29) is 18.9 Å². The highest BCUT2D eigenvalue weighted by atomic mass is 16.5. The second kappa shape index (κ2) is 9.94. The normalized spacial score (nSPS) is 14.4. The van der Waals surface area contributed by atoms with Gasteiger partial charge in [-0.1, -0.05) is 30.3 Å². The molecule has 2 aromatic carbocycles. The Hall–Kier alpha value is -3.55. The van der Waals surface area contributed by atoms with Crippen molar-refractivity contribution >= 4 is 16.8 Å². The van der Waals surface area contributed by atoms with E-state index >= 15 is 0 Å². The first-order valence-corrected chi connectivity index (χ1v) is 11.2. The van der Waals surface area contributed by atoms with E-state index in [0.717, 1.165) is 23.8 Å². The van der Waals surface area contributed by atoms with E-state index in [1.54, 1.807) is 12.1 Å². The molecule has 0 bridgehead atoms. The average Bonchev–Trinajstić information content (AvgIpc) is 2.84. The van der Waals surface area contributed by atoms with Crippen LogP contribution in [0.5, 0.6) is 11.5 Å². The highest BCUT2D eigenvalue weighted by Gasteiger charge is 2.23. The number of fused-ring (bicyclic) bond motifs is 1. The lowest BCUT2D eigenvalue weighted by molar-refractivity contribution is -0.132. The molecule has 4 rings (SSSR count). The van der Waals surface area contributed by atoms with Crippen LogP contribution in [0.3, 0.4) is 0 Å². The highest BCUT2D eigenvalue weighted by Crippen LogP contribution is 2.29. The maximum Gasteiger partial charge on any atom is 0.328 e. The third-order valence-electron chi connectivity index (χ3n) is 6.37. The minimum absolute atomic E-state index is 0.0290. The van der Waals surface area contributed by atoms with Gasteiger partial charge < -0.3 is 19.4 Å². The summed E-state index contributed by atoms with van der Waals surface area (Å²) in [6, 6.07) is 13.5. The Morgan fingerprint density at radius 1 is 1.03 bits per heavy atom. The van der Waals surface area contributed by atoms with Crippen LogP contribution in [0.1, 0.15) is 24.8 Å². The van der Waals surface area contributed by atoms with Crippen molar-refractivity contribution in [3.05, 3.63) is 68.9 Å². The fourth-order valence-corrected chi connectivity index (χ4v) is 4.48. The van der Waals surface area contributed by atoms with E-state index in [2.05, 4.69) is 29.2 Å². The molecule has 1 N–H and O–H groups in total. The Morgan fingerprint density at radius 3 is 2.36 bits per heavy atom. The molecular weight excluding hydrogens is 422 g/mol. The van der Waals surface area contributed by atoms with E-state index in [4.69, 9.17) is 9.47 Å². The van der Waals surface area contributed by atoms with E-state index in [1.807, 2.05) is 11.0 Å². The van der Waals surface area contributed by atoms with Crippen molar-refractivity contribution in [1.82, 2.24) is 14.5 Å². The van der Waals surface area contributed by atoms with Crippen LogP contribution in [0.15, 0.2) is 52.1 Å². The molecule has 0 aliphatic carbocycles. The van der Waals surface area contributed by atoms with Crippen molar-refractivity contribution in [3.63, 3.8) is 0 Å². The number of nitrogens with one attached hydrogen (secondary N) is 1. The summed E-state index contributed by atoms with van der Waals surface area (Å²) in [6.45, 7) is 1.44. The first-order chi connectivity index (χ1) is 16.0. The summed E-state index contributed by atoms with van der Waals surface area (Å²) in [5.41, 5.74) is 0.690. The third-order valence-corrected chi connectivity index (χ3v) is 6.37. The molecule has 1 aromatic heterocycles. The van der Waals surface area contributed by atoms with Gasteiger partial charge in [-0.2, -0.15) is 0 Å². The number of carbonyl (C=O) groups is 1. The quantitative estimate of drug-likeness (QED) is 0.596. The molecule has 0 saturated carbocycles. The Labute approximate surface area is 191 Å². The number of H-pyrrole nitrogens is 1. The molecule has 0 spiro atoms. The first kappa shape index (κ1) is 22.6. The molecule has 174 valence electrons. The fourth-order valence-electron chi connectivity index (χ4n) is 4.48. The smallest absolute Gasteiger partial charge is 0.328 e. The molecular formula is C25H29N3O5. The summed E-state index contributed by atoms with van der Waals surface area (Å²) in [5, 5.41) is 0.307. The Kier molecular flexibility index (Phi) is 6.82. The zero-order chi connectivity index (χ0) is 23.4. The van der Waals surface area contributed by atoms with Crippen LogP contribution >= 0.6 is 0 Å². The lowest BCUT2D eigenvalue weighted by Gasteiger charge is -2.32.